The first kappa shape index (κ1) is 13.6. The lowest BCUT2D eigenvalue weighted by Crippen LogP contribution is -2.42. The fourth-order valence-electron chi connectivity index (χ4n) is 0.996. The molecule has 3 N–H and O–H groups in total. The smallest absolute Gasteiger partial charge is 0.359 e. The molecular formula is C10H12N4O4. The third-order valence-corrected chi connectivity index (χ3v) is 1.89. The van der Waals surface area contributed by atoms with Crippen LogP contribution in [-0.2, 0) is 9.53 Å². The van der Waals surface area contributed by atoms with Gasteiger partial charge in [0.25, 0.3) is 5.91 Å². The maximum absolute atomic E-state index is 11.5. The number of imide groups is 1. The molecule has 0 unspecified atom stereocenters. The Kier molecular flexibility index (Phi) is 4.30. The molecule has 0 aliphatic rings. The number of esters is 1. The highest BCUT2D eigenvalue weighted by atomic mass is 16.5. The van der Waals surface area contributed by atoms with Crippen molar-refractivity contribution >= 4 is 17.9 Å². The van der Waals surface area contributed by atoms with E-state index in [0.29, 0.717) is 5.69 Å². The van der Waals surface area contributed by atoms with Crippen molar-refractivity contribution in [2.24, 2.45) is 5.73 Å². The Morgan fingerprint density at radius 3 is 2.50 bits per heavy atom. The molecule has 18 heavy (non-hydrogen) atoms. The molecule has 1 aromatic heterocycles. The van der Waals surface area contributed by atoms with Gasteiger partial charge in [0.05, 0.1) is 11.9 Å². The van der Waals surface area contributed by atoms with Crippen LogP contribution in [0.25, 0.3) is 0 Å². The second kappa shape index (κ2) is 5.71. The molecule has 0 fully saturated rings. The normalized spacial score (nSPS) is 11.4. The summed E-state index contributed by atoms with van der Waals surface area (Å²) in [5.74, 6) is -1.62. The van der Waals surface area contributed by atoms with Gasteiger partial charge >= 0.3 is 12.0 Å². The van der Waals surface area contributed by atoms with Crippen LogP contribution in [0.15, 0.2) is 12.4 Å². The molecule has 8 heteroatoms. The van der Waals surface area contributed by atoms with Gasteiger partial charge in [-0.15, -0.1) is 0 Å². The fraction of sp³-hybridized carbons (Fsp3) is 0.300. The SMILES string of the molecule is Cc1cnc(C(=O)O[C@H](C)C(=O)NC(N)=O)cn1. The lowest BCUT2D eigenvalue weighted by molar-refractivity contribution is -0.127. The number of carbonyl (C=O) groups is 3. The molecule has 1 heterocycles. The monoisotopic (exact) mass is 252 g/mol. The Morgan fingerprint density at radius 1 is 1.33 bits per heavy atom. The van der Waals surface area contributed by atoms with Crippen LogP contribution in [-0.4, -0.2) is 34.0 Å². The van der Waals surface area contributed by atoms with E-state index in [4.69, 9.17) is 10.5 Å². The number of aromatic nitrogens is 2. The average molecular weight is 252 g/mol. The summed E-state index contributed by atoms with van der Waals surface area (Å²) in [7, 11) is 0. The lowest BCUT2D eigenvalue weighted by Gasteiger charge is -2.11. The van der Waals surface area contributed by atoms with Crippen LogP contribution in [0.3, 0.4) is 0 Å². The summed E-state index contributed by atoms with van der Waals surface area (Å²) >= 11 is 0. The third-order valence-electron chi connectivity index (χ3n) is 1.89. The number of nitrogens with two attached hydrogens (primary N) is 1. The molecule has 0 aromatic carbocycles. The van der Waals surface area contributed by atoms with Crippen LogP contribution in [0.1, 0.15) is 23.1 Å². The van der Waals surface area contributed by atoms with Crippen LogP contribution in [0.2, 0.25) is 0 Å². The van der Waals surface area contributed by atoms with E-state index in [9.17, 15) is 14.4 Å². The van der Waals surface area contributed by atoms with Gasteiger partial charge in [0.2, 0.25) is 0 Å². The lowest BCUT2D eigenvalue weighted by atomic mass is 10.3. The Labute approximate surface area is 103 Å². The quantitative estimate of drug-likeness (QED) is 0.700. The molecule has 0 spiro atoms. The first-order valence-electron chi connectivity index (χ1n) is 5.00. The highest BCUT2D eigenvalue weighted by molar-refractivity contribution is 5.97. The van der Waals surface area contributed by atoms with Gasteiger partial charge in [-0.1, -0.05) is 0 Å². The Morgan fingerprint density at radius 2 is 2.00 bits per heavy atom. The zero-order valence-electron chi connectivity index (χ0n) is 9.84. The summed E-state index contributed by atoms with van der Waals surface area (Å²) in [5.41, 5.74) is 5.37. The van der Waals surface area contributed by atoms with E-state index in [1.165, 1.54) is 19.3 Å². The molecule has 8 nitrogen and oxygen atoms in total. The number of primary amides is 1. The number of aryl methyl sites for hydroxylation is 1. The molecule has 96 valence electrons. The van der Waals surface area contributed by atoms with Gasteiger partial charge < -0.3 is 10.5 Å². The summed E-state index contributed by atoms with van der Waals surface area (Å²) in [4.78, 5) is 40.9. The van der Waals surface area contributed by atoms with Crippen LogP contribution in [0.5, 0.6) is 0 Å². The second-order valence-electron chi connectivity index (χ2n) is 3.44. The Hall–Kier alpha value is -2.51. The molecule has 1 rings (SSSR count). The summed E-state index contributed by atoms with van der Waals surface area (Å²) in [6.45, 7) is 3.02. The van der Waals surface area contributed by atoms with Crippen LogP contribution < -0.4 is 11.1 Å². The zero-order chi connectivity index (χ0) is 13.7. The minimum Gasteiger partial charge on any atom is -0.448 e. The highest BCUT2D eigenvalue weighted by Gasteiger charge is 2.20. The van der Waals surface area contributed by atoms with E-state index in [-0.39, 0.29) is 5.69 Å². The number of amides is 3. The van der Waals surface area contributed by atoms with Gasteiger partial charge in [-0.05, 0) is 13.8 Å². The van der Waals surface area contributed by atoms with E-state index < -0.39 is 24.0 Å². The topological polar surface area (TPSA) is 124 Å². The molecule has 0 radical (unpaired) electrons. The fourth-order valence-corrected chi connectivity index (χ4v) is 0.996. The molecule has 0 saturated carbocycles. The van der Waals surface area contributed by atoms with Crippen LogP contribution >= 0.6 is 0 Å². The van der Waals surface area contributed by atoms with Gasteiger partial charge in [-0.25, -0.2) is 14.6 Å². The van der Waals surface area contributed by atoms with Gasteiger partial charge in [-0.2, -0.15) is 0 Å². The molecule has 0 bridgehead atoms. The van der Waals surface area contributed by atoms with Crippen molar-refractivity contribution in [2.75, 3.05) is 0 Å². The largest absolute Gasteiger partial charge is 0.448 e. The van der Waals surface area contributed by atoms with Gasteiger partial charge in [0.1, 0.15) is 0 Å². The van der Waals surface area contributed by atoms with Crippen LogP contribution in [0.4, 0.5) is 4.79 Å². The molecule has 3 amide bonds. The molecule has 1 aromatic rings. The Bertz CT molecular complexity index is 471. The van der Waals surface area contributed by atoms with E-state index in [1.807, 2.05) is 0 Å². The van der Waals surface area contributed by atoms with Crippen molar-refractivity contribution in [2.45, 2.75) is 20.0 Å². The first-order chi connectivity index (χ1) is 8.40. The highest BCUT2D eigenvalue weighted by Crippen LogP contribution is 2.00. The van der Waals surface area contributed by atoms with Crippen LogP contribution in [0, 0.1) is 6.92 Å². The molecule has 0 aliphatic carbocycles. The molecule has 0 aliphatic heterocycles. The Balaban J connectivity index is 2.62. The second-order valence-corrected chi connectivity index (χ2v) is 3.44. The molecular weight excluding hydrogens is 240 g/mol. The van der Waals surface area contributed by atoms with E-state index in [0.717, 1.165) is 0 Å². The zero-order valence-corrected chi connectivity index (χ0v) is 9.84. The molecule has 1 atom stereocenters. The number of urea groups is 1. The standard InChI is InChI=1S/C10H12N4O4/c1-5-3-13-7(4-12-5)9(16)18-6(2)8(15)14-10(11)17/h3-4,6H,1-2H3,(H3,11,14,15,17)/t6-/m1/s1. The third kappa shape index (κ3) is 3.81. The van der Waals surface area contributed by atoms with Gasteiger partial charge in [0, 0.05) is 6.20 Å². The minimum absolute atomic E-state index is 0.0284. The van der Waals surface area contributed by atoms with E-state index in [1.54, 1.807) is 12.2 Å². The molecule has 0 saturated heterocycles. The maximum atomic E-state index is 11.5. The number of hydrogen-bond acceptors (Lipinski definition) is 6. The van der Waals surface area contributed by atoms with Crippen molar-refractivity contribution < 1.29 is 19.1 Å². The summed E-state index contributed by atoms with van der Waals surface area (Å²) in [6, 6.07) is -1.02. The number of nitrogens with zero attached hydrogens (tertiary/aromatic N) is 2. The summed E-state index contributed by atoms with van der Waals surface area (Å²) < 4.78 is 4.78. The van der Waals surface area contributed by atoms with Crippen molar-refractivity contribution in [3.8, 4) is 0 Å². The van der Waals surface area contributed by atoms with Crippen molar-refractivity contribution in [1.29, 1.82) is 0 Å². The summed E-state index contributed by atoms with van der Waals surface area (Å²) in [6.07, 6.45) is 1.47. The van der Waals surface area contributed by atoms with Gasteiger partial charge in [0.15, 0.2) is 11.8 Å². The predicted octanol–water partition coefficient (Wildman–Crippen LogP) is -0.475. The number of hydrogen-bond donors (Lipinski definition) is 2. The average Bonchev–Trinajstić information content (AvgIpc) is 2.28. The minimum atomic E-state index is -1.16. The van der Waals surface area contributed by atoms with Crippen molar-refractivity contribution in [3.05, 3.63) is 23.8 Å². The van der Waals surface area contributed by atoms with Crippen molar-refractivity contribution in [3.63, 3.8) is 0 Å². The number of nitrogens with one attached hydrogen (secondary N) is 1. The van der Waals surface area contributed by atoms with E-state index >= 15 is 0 Å². The number of carbonyl (C=O) groups excluding carboxylic acids is 3. The predicted molar refractivity (Wildman–Crippen MR) is 59.4 cm³/mol. The van der Waals surface area contributed by atoms with E-state index in [2.05, 4.69) is 9.97 Å². The number of ether oxygens (including phenoxy) is 1. The van der Waals surface area contributed by atoms with Gasteiger partial charge in [-0.3, -0.25) is 15.1 Å². The summed E-state index contributed by atoms with van der Waals surface area (Å²) in [5, 5.41) is 1.80. The maximum Gasteiger partial charge on any atom is 0.359 e. The number of rotatable bonds is 3. The van der Waals surface area contributed by atoms with Crippen molar-refractivity contribution in [1.82, 2.24) is 15.3 Å². The first-order valence-corrected chi connectivity index (χ1v) is 5.00.